The van der Waals surface area contributed by atoms with Crippen molar-refractivity contribution in [3.05, 3.63) is 69.6 Å². The number of esters is 1. The maximum atomic E-state index is 15.4. The van der Waals surface area contributed by atoms with E-state index < -0.39 is 41.1 Å². The van der Waals surface area contributed by atoms with Crippen LogP contribution in [0, 0.1) is 30.6 Å². The molecule has 61 heavy (non-hydrogen) atoms. The SMILES string of the molecule is CC(=O)OC1C2C[C@H](C)CC(C)/C=C/C=C(/C)C(=O)Nc3c4oc5cc(OCC6CCN(C)C6)cc(O)c5nc-4c4c5c(c(C)c(c4c3=O)O2)O[C@](C)(O/C=C/C[C@H]1C)C5=O. The molecular formula is C47H53N3O11. The van der Waals surface area contributed by atoms with Gasteiger partial charge in [0.05, 0.1) is 23.8 Å². The number of phenolic OH excluding ortho intramolecular Hbond substituents is 1. The number of ether oxygens (including phenoxy) is 5. The maximum Gasteiger partial charge on any atom is 0.312 e. The lowest BCUT2D eigenvalue weighted by Gasteiger charge is -2.34. The van der Waals surface area contributed by atoms with E-state index in [4.69, 9.17) is 33.1 Å². The Morgan fingerprint density at radius 3 is 2.62 bits per heavy atom. The largest absolute Gasteiger partial charge is 0.505 e. The highest BCUT2D eigenvalue weighted by molar-refractivity contribution is 6.22. The molecule has 1 aliphatic carbocycles. The first-order valence-electron chi connectivity index (χ1n) is 21.0. The molecule has 0 spiro atoms. The molecule has 1 amide bonds. The third-order valence-corrected chi connectivity index (χ3v) is 12.3. The van der Waals surface area contributed by atoms with E-state index in [1.165, 1.54) is 26.2 Å². The summed E-state index contributed by atoms with van der Waals surface area (Å²) in [5.74, 6) is -3.35. The van der Waals surface area contributed by atoms with Gasteiger partial charge in [0.2, 0.25) is 5.43 Å². The van der Waals surface area contributed by atoms with Crippen LogP contribution in [0.25, 0.3) is 33.3 Å². The molecule has 14 heteroatoms. The summed E-state index contributed by atoms with van der Waals surface area (Å²) in [7, 11) is 2.06. The third kappa shape index (κ3) is 7.82. The van der Waals surface area contributed by atoms with Crippen LogP contribution in [-0.2, 0) is 19.1 Å². The van der Waals surface area contributed by atoms with E-state index in [9.17, 15) is 19.5 Å². The molecule has 6 aliphatic rings. The standard InChI is InChI=1S/C47H53N3O11/c1-23-11-9-12-26(4)46(55)49-39-40(53)35-34(38-44(39)59-32-20-30(19-31(52)37(32)48-38)56-22-29-14-15-50(8)21-29)36-43-27(5)42(35)60-33(18-24(2)17-23)41(58-28(6)51)25(3)13-10-16-57-47(7,61-43)45(36)54/h9-12,16,19-20,23-25,29,33,41,52H,13-15,17-18,21-22H2,1-8H3,(H,49,55)/b11-9+,16-10+,26-12-/t23?,24-,25-,29?,33?,41?,47+/m1/s1. The van der Waals surface area contributed by atoms with Gasteiger partial charge in [-0.2, -0.15) is 0 Å². The van der Waals surface area contributed by atoms with Crippen molar-refractivity contribution in [3.63, 3.8) is 0 Å². The normalized spacial score (nSPS) is 29.0. The van der Waals surface area contributed by atoms with Crippen LogP contribution >= 0.6 is 0 Å². The number of rotatable bonds is 4. The number of aromatic nitrogens is 1. The Labute approximate surface area is 353 Å². The van der Waals surface area contributed by atoms with Gasteiger partial charge in [0.25, 0.3) is 11.7 Å². The summed E-state index contributed by atoms with van der Waals surface area (Å²) in [4.78, 5) is 64.1. The minimum absolute atomic E-state index is 0.00456. The molecule has 1 saturated heterocycles. The number of aromatic hydroxyl groups is 1. The zero-order valence-electron chi connectivity index (χ0n) is 35.9. The number of amides is 1. The molecule has 8 rings (SSSR count). The summed E-state index contributed by atoms with van der Waals surface area (Å²) in [5.41, 5.74) is -0.279. The summed E-state index contributed by atoms with van der Waals surface area (Å²) in [6.07, 6.45) is 9.60. The van der Waals surface area contributed by atoms with Crippen molar-refractivity contribution in [2.45, 2.75) is 92.1 Å². The number of anilines is 1. The molecule has 2 aromatic carbocycles. The van der Waals surface area contributed by atoms with Gasteiger partial charge in [0.15, 0.2) is 11.3 Å². The zero-order chi connectivity index (χ0) is 43.5. The second-order valence-electron chi connectivity index (χ2n) is 17.6. The van der Waals surface area contributed by atoms with Crippen LogP contribution in [0.1, 0.15) is 83.1 Å². The molecule has 2 N–H and O–H groups in total. The van der Waals surface area contributed by atoms with E-state index >= 15 is 4.79 Å². The number of Topliss-reactive ketones (excluding diaryl/α,β-unsaturated/α-hetero) is 1. The molecular weight excluding hydrogens is 783 g/mol. The fourth-order valence-electron chi connectivity index (χ4n) is 9.16. The molecule has 7 atom stereocenters. The average Bonchev–Trinajstić information content (AvgIpc) is 3.74. The first-order valence-corrected chi connectivity index (χ1v) is 21.0. The van der Waals surface area contributed by atoms with Gasteiger partial charge in [-0.05, 0) is 71.0 Å². The van der Waals surface area contributed by atoms with Crippen LogP contribution in [0.2, 0.25) is 0 Å². The summed E-state index contributed by atoms with van der Waals surface area (Å²) in [6.45, 7) is 14.5. The summed E-state index contributed by atoms with van der Waals surface area (Å²) in [5, 5.41) is 14.3. The van der Waals surface area contributed by atoms with Gasteiger partial charge in [0, 0.05) is 60.9 Å². The van der Waals surface area contributed by atoms with Crippen molar-refractivity contribution in [1.82, 2.24) is 9.88 Å². The van der Waals surface area contributed by atoms with Gasteiger partial charge < -0.3 is 43.4 Å². The molecule has 5 heterocycles. The molecule has 4 unspecified atom stereocenters. The lowest BCUT2D eigenvalue weighted by Crippen LogP contribution is -2.41. The number of carbonyl (C=O) groups excluding carboxylic acids is 3. The quantitative estimate of drug-likeness (QED) is 0.116. The number of allylic oxidation sites excluding steroid dienone is 4. The lowest BCUT2D eigenvalue weighted by molar-refractivity contribution is -0.155. The van der Waals surface area contributed by atoms with Gasteiger partial charge in [-0.15, -0.1) is 0 Å². The van der Waals surface area contributed by atoms with Crippen LogP contribution in [-0.4, -0.2) is 77.4 Å². The number of nitrogens with zero attached hydrogens (tertiary/aromatic N) is 2. The van der Waals surface area contributed by atoms with Crippen LogP contribution in [0.4, 0.5) is 5.69 Å². The molecule has 14 nitrogen and oxygen atoms in total. The summed E-state index contributed by atoms with van der Waals surface area (Å²) in [6, 6.07) is 3.03. The molecule has 1 fully saturated rings. The second kappa shape index (κ2) is 16.2. The molecule has 0 radical (unpaired) electrons. The van der Waals surface area contributed by atoms with Gasteiger partial charge >= 0.3 is 11.8 Å². The smallest absolute Gasteiger partial charge is 0.312 e. The Morgan fingerprint density at radius 2 is 1.89 bits per heavy atom. The number of hydrogen-bond donors (Lipinski definition) is 2. The van der Waals surface area contributed by atoms with Gasteiger partial charge in [-0.1, -0.05) is 39.0 Å². The van der Waals surface area contributed by atoms with Crippen molar-refractivity contribution in [2.75, 3.05) is 32.1 Å². The first-order chi connectivity index (χ1) is 29.0. The topological polar surface area (TPSA) is 176 Å². The minimum Gasteiger partial charge on any atom is -0.505 e. The van der Waals surface area contributed by atoms with Crippen molar-refractivity contribution < 1.29 is 47.6 Å². The van der Waals surface area contributed by atoms with E-state index in [0.717, 1.165) is 25.9 Å². The van der Waals surface area contributed by atoms with E-state index in [2.05, 4.69) is 31.1 Å². The molecule has 322 valence electrons. The van der Waals surface area contributed by atoms with E-state index in [-0.39, 0.29) is 79.6 Å². The van der Waals surface area contributed by atoms with Crippen molar-refractivity contribution in [1.29, 1.82) is 0 Å². The highest BCUT2D eigenvalue weighted by atomic mass is 16.7. The Kier molecular flexibility index (Phi) is 11.1. The number of fused-ring (bicyclic) bond motifs is 8. The summed E-state index contributed by atoms with van der Waals surface area (Å²) >= 11 is 0. The van der Waals surface area contributed by atoms with Crippen molar-refractivity contribution in [2.24, 2.45) is 23.7 Å². The number of nitrogens with one attached hydrogen (secondary N) is 1. The van der Waals surface area contributed by atoms with E-state index in [1.54, 1.807) is 32.1 Å². The lowest BCUT2D eigenvalue weighted by atomic mass is 9.86. The third-order valence-electron chi connectivity index (χ3n) is 12.3. The Balaban J connectivity index is 1.45. The van der Waals surface area contributed by atoms with Crippen LogP contribution in [0.5, 0.6) is 23.0 Å². The molecule has 6 bridgehead atoms. The predicted octanol–water partition coefficient (Wildman–Crippen LogP) is 7.84. The van der Waals surface area contributed by atoms with Crippen LogP contribution in [0.15, 0.2) is 57.5 Å². The fraction of sp³-hybridized carbons (Fsp3) is 0.468. The monoisotopic (exact) mass is 835 g/mol. The number of likely N-dealkylation sites (tertiary alicyclic amines) is 1. The Morgan fingerprint density at radius 1 is 1.10 bits per heavy atom. The molecule has 5 aliphatic heterocycles. The fourth-order valence-corrected chi connectivity index (χ4v) is 9.16. The predicted molar refractivity (Wildman–Crippen MR) is 228 cm³/mol. The van der Waals surface area contributed by atoms with Crippen molar-refractivity contribution >= 4 is 45.2 Å². The number of ketones is 1. The number of hydrogen-bond acceptors (Lipinski definition) is 13. The van der Waals surface area contributed by atoms with E-state index in [0.29, 0.717) is 42.3 Å². The second-order valence-corrected chi connectivity index (χ2v) is 17.6. The van der Waals surface area contributed by atoms with E-state index in [1.807, 2.05) is 19.1 Å². The summed E-state index contributed by atoms with van der Waals surface area (Å²) < 4.78 is 38.3. The van der Waals surface area contributed by atoms with Gasteiger partial charge in [-0.3, -0.25) is 19.2 Å². The highest BCUT2D eigenvalue weighted by Crippen LogP contribution is 2.52. The number of carbonyl (C=O) groups is 3. The zero-order valence-corrected chi connectivity index (χ0v) is 35.9. The van der Waals surface area contributed by atoms with Crippen LogP contribution in [0.3, 0.4) is 0 Å². The Hall–Kier alpha value is -5.89. The number of benzene rings is 3. The molecule has 0 aromatic heterocycles. The minimum atomic E-state index is -1.87. The average molecular weight is 836 g/mol. The molecule has 2 aromatic rings. The van der Waals surface area contributed by atoms with Gasteiger partial charge in [-0.25, -0.2) is 4.98 Å². The number of phenols is 1. The molecule has 0 saturated carbocycles. The first kappa shape index (κ1) is 41.8. The Bertz CT molecular complexity index is 2570. The van der Waals surface area contributed by atoms with Gasteiger partial charge in [0.1, 0.15) is 52.1 Å². The maximum absolute atomic E-state index is 15.4. The van der Waals surface area contributed by atoms with Crippen LogP contribution < -0.4 is 25.0 Å². The van der Waals surface area contributed by atoms with Crippen molar-refractivity contribution in [3.8, 4) is 34.5 Å². The highest BCUT2D eigenvalue weighted by Gasteiger charge is 2.50.